The average Bonchev–Trinajstić information content (AvgIpc) is 2.79. The van der Waals surface area contributed by atoms with Gasteiger partial charge in [0.1, 0.15) is 0 Å². The average molecular weight is 220 g/mol. The van der Waals surface area contributed by atoms with Gasteiger partial charge in [-0.25, -0.2) is 0 Å². The lowest BCUT2D eigenvalue weighted by atomic mass is 10.1. The quantitative estimate of drug-likeness (QED) is 0.834. The predicted octanol–water partition coefficient (Wildman–Crippen LogP) is 1.41. The van der Waals surface area contributed by atoms with Gasteiger partial charge >= 0.3 is 0 Å². The van der Waals surface area contributed by atoms with Crippen LogP contribution in [0.1, 0.15) is 12.0 Å². The molecule has 0 aliphatic carbocycles. The molecule has 0 radical (unpaired) electrons. The summed E-state index contributed by atoms with van der Waals surface area (Å²) in [5.74, 6) is 0. The van der Waals surface area contributed by atoms with Gasteiger partial charge in [0.05, 0.1) is 6.10 Å². The SMILES string of the molecule is COC1CCN(c2ccc(CCN)cc2)C1. The number of rotatable bonds is 4. The van der Waals surface area contributed by atoms with Crippen molar-refractivity contribution in [3.63, 3.8) is 0 Å². The number of nitrogens with two attached hydrogens (primary N) is 1. The Morgan fingerprint density at radius 3 is 2.69 bits per heavy atom. The van der Waals surface area contributed by atoms with Gasteiger partial charge < -0.3 is 15.4 Å². The topological polar surface area (TPSA) is 38.5 Å². The van der Waals surface area contributed by atoms with Gasteiger partial charge in [0, 0.05) is 25.9 Å². The summed E-state index contributed by atoms with van der Waals surface area (Å²) in [4.78, 5) is 2.38. The van der Waals surface area contributed by atoms with Crippen LogP contribution in [0.3, 0.4) is 0 Å². The van der Waals surface area contributed by atoms with Crippen LogP contribution in [0.4, 0.5) is 5.69 Å². The fourth-order valence-electron chi connectivity index (χ4n) is 2.20. The van der Waals surface area contributed by atoms with E-state index in [1.165, 1.54) is 11.3 Å². The molecule has 1 aromatic carbocycles. The molecule has 1 unspecified atom stereocenters. The van der Waals surface area contributed by atoms with Crippen LogP contribution in [0.15, 0.2) is 24.3 Å². The summed E-state index contributed by atoms with van der Waals surface area (Å²) in [6.07, 6.45) is 2.48. The Bertz CT molecular complexity index is 323. The zero-order chi connectivity index (χ0) is 11.4. The molecular formula is C13H20N2O. The summed E-state index contributed by atoms with van der Waals surface area (Å²) < 4.78 is 5.37. The van der Waals surface area contributed by atoms with Crippen molar-refractivity contribution in [2.75, 3.05) is 31.6 Å². The number of nitrogens with zero attached hydrogens (tertiary/aromatic N) is 1. The summed E-state index contributed by atoms with van der Waals surface area (Å²) >= 11 is 0. The lowest BCUT2D eigenvalue weighted by Gasteiger charge is -2.18. The third kappa shape index (κ3) is 2.54. The molecule has 1 fully saturated rings. The highest BCUT2D eigenvalue weighted by Gasteiger charge is 2.21. The monoisotopic (exact) mass is 220 g/mol. The van der Waals surface area contributed by atoms with Gasteiger partial charge in [-0.2, -0.15) is 0 Å². The molecule has 3 nitrogen and oxygen atoms in total. The van der Waals surface area contributed by atoms with Gasteiger partial charge in [0.2, 0.25) is 0 Å². The van der Waals surface area contributed by atoms with Crippen molar-refractivity contribution < 1.29 is 4.74 Å². The van der Waals surface area contributed by atoms with Crippen LogP contribution in [0, 0.1) is 0 Å². The lowest BCUT2D eigenvalue weighted by Crippen LogP contribution is -2.22. The van der Waals surface area contributed by atoms with E-state index >= 15 is 0 Å². The molecule has 0 saturated carbocycles. The van der Waals surface area contributed by atoms with Crippen molar-refractivity contribution in [1.29, 1.82) is 0 Å². The molecule has 1 aliphatic heterocycles. The van der Waals surface area contributed by atoms with E-state index in [0.29, 0.717) is 6.10 Å². The first-order chi connectivity index (χ1) is 7.83. The van der Waals surface area contributed by atoms with Crippen LogP contribution < -0.4 is 10.6 Å². The van der Waals surface area contributed by atoms with Crippen LogP contribution in [0.5, 0.6) is 0 Å². The van der Waals surface area contributed by atoms with E-state index in [1.807, 2.05) is 0 Å². The summed E-state index contributed by atoms with van der Waals surface area (Å²) in [5.41, 5.74) is 8.14. The largest absolute Gasteiger partial charge is 0.380 e. The molecule has 1 aromatic rings. The third-order valence-corrected chi connectivity index (χ3v) is 3.21. The van der Waals surface area contributed by atoms with Crippen molar-refractivity contribution in [2.45, 2.75) is 18.9 Å². The molecule has 0 bridgehead atoms. The molecule has 1 aliphatic rings. The lowest BCUT2D eigenvalue weighted by molar-refractivity contribution is 0.121. The molecule has 3 heteroatoms. The highest BCUT2D eigenvalue weighted by atomic mass is 16.5. The van der Waals surface area contributed by atoms with E-state index in [-0.39, 0.29) is 0 Å². The zero-order valence-electron chi connectivity index (χ0n) is 9.86. The van der Waals surface area contributed by atoms with E-state index in [1.54, 1.807) is 7.11 Å². The van der Waals surface area contributed by atoms with Crippen molar-refractivity contribution >= 4 is 5.69 Å². The summed E-state index contributed by atoms with van der Waals surface area (Å²) in [7, 11) is 1.79. The summed E-state index contributed by atoms with van der Waals surface area (Å²) in [5, 5.41) is 0. The van der Waals surface area contributed by atoms with E-state index < -0.39 is 0 Å². The summed E-state index contributed by atoms with van der Waals surface area (Å²) in [6.45, 7) is 2.82. The molecule has 1 heterocycles. The maximum absolute atomic E-state index is 5.53. The predicted molar refractivity (Wildman–Crippen MR) is 66.8 cm³/mol. The minimum atomic E-state index is 0.392. The molecular weight excluding hydrogens is 200 g/mol. The molecule has 2 rings (SSSR count). The van der Waals surface area contributed by atoms with Gasteiger partial charge in [-0.3, -0.25) is 0 Å². The first-order valence-corrected chi connectivity index (χ1v) is 5.90. The number of methoxy groups -OCH3 is 1. The Kier molecular flexibility index (Phi) is 3.80. The fraction of sp³-hybridized carbons (Fsp3) is 0.538. The second-order valence-corrected chi connectivity index (χ2v) is 4.30. The van der Waals surface area contributed by atoms with Crippen molar-refractivity contribution in [3.8, 4) is 0 Å². The number of anilines is 1. The molecule has 0 amide bonds. The Labute approximate surface area is 97.2 Å². The smallest absolute Gasteiger partial charge is 0.0762 e. The van der Waals surface area contributed by atoms with Crippen LogP contribution >= 0.6 is 0 Å². The van der Waals surface area contributed by atoms with Crippen LogP contribution in [-0.4, -0.2) is 32.8 Å². The Hall–Kier alpha value is -1.06. The normalized spacial score (nSPS) is 20.4. The van der Waals surface area contributed by atoms with Crippen molar-refractivity contribution in [1.82, 2.24) is 0 Å². The van der Waals surface area contributed by atoms with Gasteiger partial charge in [0.25, 0.3) is 0 Å². The first-order valence-electron chi connectivity index (χ1n) is 5.90. The van der Waals surface area contributed by atoms with Gasteiger partial charge in [-0.15, -0.1) is 0 Å². The Balaban J connectivity index is 1.99. The number of ether oxygens (including phenoxy) is 1. The minimum Gasteiger partial charge on any atom is -0.380 e. The van der Waals surface area contributed by atoms with Crippen molar-refractivity contribution in [3.05, 3.63) is 29.8 Å². The van der Waals surface area contributed by atoms with Crippen LogP contribution in [0.2, 0.25) is 0 Å². The van der Waals surface area contributed by atoms with Crippen molar-refractivity contribution in [2.24, 2.45) is 5.73 Å². The molecule has 0 spiro atoms. The van der Waals surface area contributed by atoms with Gasteiger partial charge in [-0.1, -0.05) is 12.1 Å². The Morgan fingerprint density at radius 2 is 2.12 bits per heavy atom. The molecule has 0 aromatic heterocycles. The zero-order valence-corrected chi connectivity index (χ0v) is 9.86. The molecule has 16 heavy (non-hydrogen) atoms. The number of benzene rings is 1. The van der Waals surface area contributed by atoms with Crippen LogP contribution in [-0.2, 0) is 11.2 Å². The van der Waals surface area contributed by atoms with Gasteiger partial charge in [-0.05, 0) is 37.1 Å². The fourth-order valence-corrected chi connectivity index (χ4v) is 2.20. The van der Waals surface area contributed by atoms with Gasteiger partial charge in [0.15, 0.2) is 0 Å². The second-order valence-electron chi connectivity index (χ2n) is 4.30. The maximum Gasteiger partial charge on any atom is 0.0762 e. The summed E-state index contributed by atoms with van der Waals surface area (Å²) in [6, 6.07) is 8.71. The Morgan fingerprint density at radius 1 is 1.38 bits per heavy atom. The molecule has 1 saturated heterocycles. The first kappa shape index (κ1) is 11.4. The standard InChI is InChI=1S/C13H20N2O/c1-16-13-7-9-15(10-13)12-4-2-11(3-5-12)6-8-14/h2-5,13H,6-10,14H2,1H3. The van der Waals surface area contributed by atoms with E-state index in [4.69, 9.17) is 10.5 Å². The minimum absolute atomic E-state index is 0.392. The van der Waals surface area contributed by atoms with Crippen LogP contribution in [0.25, 0.3) is 0 Å². The highest BCUT2D eigenvalue weighted by molar-refractivity contribution is 5.48. The van der Waals surface area contributed by atoms with E-state index in [9.17, 15) is 0 Å². The second kappa shape index (κ2) is 5.32. The van der Waals surface area contributed by atoms with E-state index in [0.717, 1.165) is 32.5 Å². The third-order valence-electron chi connectivity index (χ3n) is 3.21. The maximum atomic E-state index is 5.53. The van der Waals surface area contributed by atoms with E-state index in [2.05, 4.69) is 29.2 Å². The molecule has 88 valence electrons. The number of hydrogen-bond donors (Lipinski definition) is 1. The molecule has 1 atom stereocenters. The number of hydrogen-bond acceptors (Lipinski definition) is 3. The molecule has 2 N–H and O–H groups in total. The highest BCUT2D eigenvalue weighted by Crippen LogP contribution is 2.21.